The van der Waals surface area contributed by atoms with Crippen LogP contribution < -0.4 is 0 Å². The number of hydrogen-bond donors (Lipinski definition) is 0. The largest absolute Gasteiger partial charge is 0.342 e. The fraction of sp³-hybridized carbons (Fsp3) is 0.409. The summed E-state index contributed by atoms with van der Waals surface area (Å²) in [6.45, 7) is 5.98. The van der Waals surface area contributed by atoms with Gasteiger partial charge in [-0.1, -0.05) is 67.9 Å². The molecule has 1 saturated heterocycles. The van der Waals surface area contributed by atoms with Crippen LogP contribution in [0.25, 0.3) is 0 Å². The van der Waals surface area contributed by atoms with Gasteiger partial charge >= 0.3 is 0 Å². The third-order valence-electron chi connectivity index (χ3n) is 4.95. The molecule has 0 aliphatic carbocycles. The van der Waals surface area contributed by atoms with E-state index in [0.29, 0.717) is 17.6 Å². The van der Waals surface area contributed by atoms with Gasteiger partial charge in [0.1, 0.15) is 0 Å². The molecule has 0 spiro atoms. The monoisotopic (exact) mass is 387 g/mol. The van der Waals surface area contributed by atoms with E-state index < -0.39 is 0 Å². The van der Waals surface area contributed by atoms with Crippen LogP contribution in [-0.2, 0) is 11.2 Å². The van der Waals surface area contributed by atoms with Gasteiger partial charge < -0.3 is 4.90 Å². The van der Waals surface area contributed by atoms with Crippen LogP contribution in [0.5, 0.6) is 0 Å². The predicted octanol–water partition coefficient (Wildman–Crippen LogP) is 5.71. The van der Waals surface area contributed by atoms with Gasteiger partial charge in [0.05, 0.1) is 6.42 Å². The molecule has 2 aromatic rings. The molecule has 1 fully saturated rings. The quantitative estimate of drug-likeness (QED) is 0.669. The Morgan fingerprint density at radius 1 is 1.15 bits per heavy atom. The van der Waals surface area contributed by atoms with Crippen LogP contribution in [0.3, 0.4) is 0 Å². The van der Waals surface area contributed by atoms with Gasteiger partial charge in [-0.2, -0.15) is 11.8 Å². The first-order valence-electron chi connectivity index (χ1n) is 9.27. The van der Waals surface area contributed by atoms with Crippen molar-refractivity contribution >= 4 is 29.3 Å². The normalized spacial score (nSPS) is 18.0. The predicted molar refractivity (Wildman–Crippen MR) is 112 cm³/mol. The smallest absolute Gasteiger partial charge is 0.227 e. The second kappa shape index (κ2) is 8.96. The van der Waals surface area contributed by atoms with Crippen LogP contribution in [0.1, 0.15) is 48.1 Å². The first-order valence-corrected chi connectivity index (χ1v) is 10.7. The lowest BCUT2D eigenvalue weighted by atomic mass is 10.0. The minimum absolute atomic E-state index is 0.225. The van der Waals surface area contributed by atoms with Crippen molar-refractivity contribution in [3.05, 3.63) is 70.2 Å². The Morgan fingerprint density at radius 3 is 2.58 bits per heavy atom. The van der Waals surface area contributed by atoms with Crippen LogP contribution in [0.4, 0.5) is 0 Å². The molecule has 1 amide bonds. The van der Waals surface area contributed by atoms with E-state index in [-0.39, 0.29) is 5.91 Å². The number of nitrogens with zero attached hydrogens (tertiary/aromatic N) is 1. The van der Waals surface area contributed by atoms with E-state index in [1.165, 1.54) is 11.1 Å². The highest BCUT2D eigenvalue weighted by Crippen LogP contribution is 2.37. The van der Waals surface area contributed by atoms with Crippen LogP contribution >= 0.6 is 23.4 Å². The second-order valence-corrected chi connectivity index (χ2v) is 8.84. The third-order valence-corrected chi connectivity index (χ3v) is 6.60. The van der Waals surface area contributed by atoms with E-state index in [2.05, 4.69) is 44.2 Å². The Morgan fingerprint density at radius 2 is 1.88 bits per heavy atom. The van der Waals surface area contributed by atoms with Crippen LogP contribution in [0.2, 0.25) is 5.02 Å². The Labute approximate surface area is 165 Å². The van der Waals surface area contributed by atoms with Gasteiger partial charge in [-0.25, -0.2) is 0 Å². The molecule has 1 unspecified atom stereocenters. The third kappa shape index (κ3) is 4.83. The summed E-state index contributed by atoms with van der Waals surface area (Å²) < 4.78 is 0. The summed E-state index contributed by atoms with van der Waals surface area (Å²) >= 11 is 8.26. The zero-order valence-electron chi connectivity index (χ0n) is 15.5. The summed E-state index contributed by atoms with van der Waals surface area (Å²) in [4.78, 5) is 14.8. The molecule has 0 saturated carbocycles. The molecule has 1 atom stereocenters. The number of amides is 1. The van der Waals surface area contributed by atoms with Gasteiger partial charge in [-0.05, 0) is 35.1 Å². The Balaban J connectivity index is 1.60. The van der Waals surface area contributed by atoms with Gasteiger partial charge in [0.25, 0.3) is 0 Å². The number of halogens is 1. The molecule has 1 aliphatic heterocycles. The molecule has 2 nitrogen and oxygen atoms in total. The summed E-state index contributed by atoms with van der Waals surface area (Å²) in [6.07, 6.45) is 1.44. The minimum atomic E-state index is 0.225. The van der Waals surface area contributed by atoms with E-state index >= 15 is 0 Å². The van der Waals surface area contributed by atoms with Crippen molar-refractivity contribution in [2.45, 2.75) is 37.9 Å². The fourth-order valence-electron chi connectivity index (χ4n) is 3.31. The average Bonchev–Trinajstić information content (AvgIpc) is 2.89. The van der Waals surface area contributed by atoms with Crippen molar-refractivity contribution in [3.63, 3.8) is 0 Å². The summed E-state index contributed by atoms with van der Waals surface area (Å²) in [7, 11) is 0. The molecule has 138 valence electrons. The molecule has 0 aromatic heterocycles. The van der Waals surface area contributed by atoms with Crippen molar-refractivity contribution in [2.24, 2.45) is 0 Å². The summed E-state index contributed by atoms with van der Waals surface area (Å²) in [6, 6.07) is 16.5. The molecule has 1 heterocycles. The molecule has 2 aromatic carbocycles. The van der Waals surface area contributed by atoms with Gasteiger partial charge in [0.15, 0.2) is 0 Å². The van der Waals surface area contributed by atoms with Crippen LogP contribution in [0.15, 0.2) is 48.5 Å². The lowest BCUT2D eigenvalue weighted by molar-refractivity contribution is -0.130. The lowest BCUT2D eigenvalue weighted by Crippen LogP contribution is -2.34. The van der Waals surface area contributed by atoms with Gasteiger partial charge in [0, 0.05) is 29.1 Å². The molecular formula is C22H26ClNOS. The maximum absolute atomic E-state index is 12.7. The number of thioether (sulfide) groups is 1. The maximum atomic E-state index is 12.7. The molecule has 4 heteroatoms. The topological polar surface area (TPSA) is 20.3 Å². The summed E-state index contributed by atoms with van der Waals surface area (Å²) in [5.74, 6) is 1.69. The zero-order chi connectivity index (χ0) is 18.5. The van der Waals surface area contributed by atoms with Gasteiger partial charge in [-0.3, -0.25) is 4.79 Å². The molecule has 26 heavy (non-hydrogen) atoms. The molecule has 0 N–H and O–H groups in total. The highest BCUT2D eigenvalue weighted by atomic mass is 35.5. The average molecular weight is 388 g/mol. The number of carbonyl (C=O) groups excluding carboxylic acids is 1. The number of benzene rings is 2. The highest BCUT2D eigenvalue weighted by molar-refractivity contribution is 7.99. The number of hydrogen-bond acceptors (Lipinski definition) is 2. The number of carbonyl (C=O) groups is 1. The summed E-state index contributed by atoms with van der Waals surface area (Å²) in [5, 5.41) is 1.20. The van der Waals surface area contributed by atoms with Crippen LogP contribution in [-0.4, -0.2) is 29.6 Å². The molecule has 1 aliphatic rings. The lowest BCUT2D eigenvalue weighted by Gasteiger charge is -2.21. The van der Waals surface area contributed by atoms with E-state index in [0.717, 1.165) is 35.8 Å². The van der Waals surface area contributed by atoms with Gasteiger partial charge in [0.2, 0.25) is 5.91 Å². The highest BCUT2D eigenvalue weighted by Gasteiger charge is 2.23. The number of rotatable bonds is 4. The van der Waals surface area contributed by atoms with E-state index in [1.54, 1.807) is 0 Å². The van der Waals surface area contributed by atoms with Crippen molar-refractivity contribution < 1.29 is 4.79 Å². The first-order chi connectivity index (χ1) is 12.5. The minimum Gasteiger partial charge on any atom is -0.342 e. The maximum Gasteiger partial charge on any atom is 0.227 e. The van der Waals surface area contributed by atoms with E-state index in [9.17, 15) is 4.79 Å². The second-order valence-electron chi connectivity index (χ2n) is 7.12. The molecular weight excluding hydrogens is 362 g/mol. The standard InChI is InChI=1S/C22H26ClNOS/c1-16(2)18-9-7-17(8-10-18)15-22(25)24-12-11-21(26-14-13-24)19-5-3-4-6-20(19)23/h3-10,16,21H,11-15H2,1-2H3. The SMILES string of the molecule is CC(C)c1ccc(CC(=O)N2CCSC(c3ccccc3Cl)CC2)cc1. The van der Waals surface area contributed by atoms with E-state index in [4.69, 9.17) is 11.6 Å². The Hall–Kier alpha value is -1.45. The fourth-order valence-corrected chi connectivity index (χ4v) is 4.91. The Kier molecular flexibility index (Phi) is 6.66. The zero-order valence-corrected chi connectivity index (χ0v) is 17.0. The van der Waals surface area contributed by atoms with Crippen molar-refractivity contribution in [2.75, 3.05) is 18.8 Å². The molecule has 0 bridgehead atoms. The van der Waals surface area contributed by atoms with Crippen LogP contribution in [0, 0.1) is 0 Å². The molecule has 3 rings (SSSR count). The van der Waals surface area contributed by atoms with Crippen molar-refractivity contribution in [3.8, 4) is 0 Å². The van der Waals surface area contributed by atoms with Crippen molar-refractivity contribution in [1.29, 1.82) is 0 Å². The van der Waals surface area contributed by atoms with Gasteiger partial charge in [-0.15, -0.1) is 0 Å². The van der Waals surface area contributed by atoms with E-state index in [1.807, 2.05) is 34.9 Å². The first kappa shape index (κ1) is 19.3. The Bertz CT molecular complexity index is 744. The van der Waals surface area contributed by atoms with Crippen molar-refractivity contribution in [1.82, 2.24) is 4.90 Å². The summed E-state index contributed by atoms with van der Waals surface area (Å²) in [5.41, 5.74) is 3.60. The molecule has 0 radical (unpaired) electrons.